The van der Waals surface area contributed by atoms with Crippen LogP contribution in [0.5, 0.6) is 0 Å². The van der Waals surface area contributed by atoms with E-state index < -0.39 is 5.60 Å². The van der Waals surface area contributed by atoms with Gasteiger partial charge in [-0.25, -0.2) is 0 Å². The molecule has 2 aromatic rings. The minimum absolute atomic E-state index is 0.0497. The molecule has 1 saturated carbocycles. The molecule has 0 radical (unpaired) electrons. The molecule has 6 atom stereocenters. The molecule has 7 nitrogen and oxygen atoms in total. The Morgan fingerprint density at radius 3 is 2.11 bits per heavy atom. The van der Waals surface area contributed by atoms with E-state index in [2.05, 4.69) is 50.1 Å². The third-order valence-corrected chi connectivity index (χ3v) is 8.99. The van der Waals surface area contributed by atoms with Crippen LogP contribution in [0.15, 0.2) is 60.7 Å². The van der Waals surface area contributed by atoms with E-state index in [4.69, 9.17) is 18.9 Å². The van der Waals surface area contributed by atoms with Gasteiger partial charge in [0.2, 0.25) is 0 Å². The fourth-order valence-electron chi connectivity index (χ4n) is 5.98. The Balaban J connectivity index is 1.76. The number of ether oxygens (including phenoxy) is 4. The molecule has 0 spiro atoms. The van der Waals surface area contributed by atoms with Gasteiger partial charge in [-0.1, -0.05) is 93.8 Å². The minimum Gasteiger partial charge on any atom is -0.466 e. The van der Waals surface area contributed by atoms with E-state index in [1.165, 1.54) is 0 Å². The number of hydrogen-bond donors (Lipinski definition) is 1. The van der Waals surface area contributed by atoms with Gasteiger partial charge in [0.05, 0.1) is 50.3 Å². The Kier molecular flexibility index (Phi) is 15.8. The van der Waals surface area contributed by atoms with E-state index in [1.54, 1.807) is 0 Å². The van der Waals surface area contributed by atoms with E-state index in [0.717, 1.165) is 56.2 Å². The molecular weight excluding hydrogens is 554 g/mol. The van der Waals surface area contributed by atoms with Crippen molar-refractivity contribution in [2.75, 3.05) is 26.8 Å². The van der Waals surface area contributed by atoms with Gasteiger partial charge in [-0.3, -0.25) is 9.69 Å². The molecule has 2 aromatic carbocycles. The van der Waals surface area contributed by atoms with Crippen LogP contribution in [0, 0.1) is 5.92 Å². The lowest BCUT2D eigenvalue weighted by atomic mass is 9.87. The van der Waals surface area contributed by atoms with E-state index in [0.29, 0.717) is 32.7 Å². The maximum absolute atomic E-state index is 11.8. The summed E-state index contributed by atoms with van der Waals surface area (Å²) in [5.41, 5.74) is 1.30. The van der Waals surface area contributed by atoms with Crippen LogP contribution in [-0.4, -0.2) is 72.7 Å². The summed E-state index contributed by atoms with van der Waals surface area (Å²) in [6.07, 6.45) is 6.45. The highest BCUT2D eigenvalue weighted by molar-refractivity contribution is 5.69. The van der Waals surface area contributed by atoms with Crippen molar-refractivity contribution in [2.45, 2.75) is 122 Å². The lowest BCUT2D eigenvalue weighted by molar-refractivity contribution is -0.143. The standard InChI is InChI=1S/C37H57NO6/c1-6-8-18-29(3)37(4,40)28-44-36-33(43-27-31-21-14-10-15-22-31)25-32(42-26-30-19-12-9-13-20-30)35(36)38(5)24-17-11-16-23-34(39)41-7-2/h9-10,12-15,19-22,29,32-33,35-36,40H,6-8,11,16-18,23-28H2,1-5H3/t29?,32-,33+,35+,36+,37?/m1/s1. The van der Waals surface area contributed by atoms with Crippen LogP contribution in [0.3, 0.4) is 0 Å². The summed E-state index contributed by atoms with van der Waals surface area (Å²) < 4.78 is 25.0. The van der Waals surface area contributed by atoms with Crippen molar-refractivity contribution in [2.24, 2.45) is 5.92 Å². The first kappa shape index (κ1) is 36.2. The highest BCUT2D eigenvalue weighted by atomic mass is 16.6. The first-order valence-electron chi connectivity index (χ1n) is 16.8. The molecule has 1 fully saturated rings. The predicted molar refractivity (Wildman–Crippen MR) is 175 cm³/mol. The first-order chi connectivity index (χ1) is 21.2. The summed E-state index contributed by atoms with van der Waals surface area (Å²) in [4.78, 5) is 14.1. The number of unbranched alkanes of at least 4 members (excludes halogenated alkanes) is 3. The van der Waals surface area contributed by atoms with Crippen molar-refractivity contribution < 1.29 is 28.8 Å². The van der Waals surface area contributed by atoms with Crippen molar-refractivity contribution in [1.29, 1.82) is 0 Å². The largest absolute Gasteiger partial charge is 0.466 e. The van der Waals surface area contributed by atoms with Crippen molar-refractivity contribution in [1.82, 2.24) is 4.90 Å². The lowest BCUT2D eigenvalue weighted by Crippen LogP contribution is -2.50. The molecular formula is C37H57NO6. The normalized spacial score (nSPS) is 22.2. The van der Waals surface area contributed by atoms with Gasteiger partial charge in [0.1, 0.15) is 6.10 Å². The monoisotopic (exact) mass is 611 g/mol. The van der Waals surface area contributed by atoms with Crippen LogP contribution in [0.25, 0.3) is 0 Å². The molecule has 0 aliphatic heterocycles. The molecule has 1 aliphatic carbocycles. The number of benzene rings is 2. The van der Waals surface area contributed by atoms with Crippen LogP contribution in [-0.2, 0) is 37.0 Å². The molecule has 1 aliphatic rings. The van der Waals surface area contributed by atoms with Gasteiger partial charge < -0.3 is 24.1 Å². The third kappa shape index (κ3) is 11.9. The number of nitrogens with zero attached hydrogens (tertiary/aromatic N) is 1. The molecule has 0 saturated heterocycles. The van der Waals surface area contributed by atoms with Gasteiger partial charge in [-0.2, -0.15) is 0 Å². The summed E-state index contributed by atoms with van der Waals surface area (Å²) in [5.74, 6) is -0.00800. The smallest absolute Gasteiger partial charge is 0.305 e. The molecule has 3 rings (SSSR count). The van der Waals surface area contributed by atoms with Crippen LogP contribution < -0.4 is 0 Å². The first-order valence-corrected chi connectivity index (χ1v) is 16.8. The topological polar surface area (TPSA) is 77.5 Å². The molecule has 0 amide bonds. The summed E-state index contributed by atoms with van der Waals surface area (Å²) >= 11 is 0. The highest BCUT2D eigenvalue weighted by Crippen LogP contribution is 2.35. The van der Waals surface area contributed by atoms with E-state index in [9.17, 15) is 9.90 Å². The Morgan fingerprint density at radius 2 is 1.52 bits per heavy atom. The second-order valence-corrected chi connectivity index (χ2v) is 12.7. The minimum atomic E-state index is -0.946. The van der Waals surface area contributed by atoms with Gasteiger partial charge in [-0.15, -0.1) is 0 Å². The molecule has 0 bridgehead atoms. The SMILES string of the molecule is CCCCC(C)C(C)(O)CO[C@@H]1[C@@H](N(C)CCCCCC(=O)OCC)[C@H](OCc2ccccc2)C[C@@H]1OCc1ccccc1. The molecule has 7 heteroatoms. The Hall–Kier alpha value is -2.29. The molecule has 0 heterocycles. The Morgan fingerprint density at radius 1 is 0.909 bits per heavy atom. The maximum Gasteiger partial charge on any atom is 0.305 e. The lowest BCUT2D eigenvalue weighted by Gasteiger charge is -2.37. The van der Waals surface area contributed by atoms with Gasteiger partial charge in [-0.05, 0) is 63.7 Å². The number of carbonyl (C=O) groups excluding carboxylic acids is 1. The van der Waals surface area contributed by atoms with E-state index >= 15 is 0 Å². The fraction of sp³-hybridized carbons (Fsp3) is 0.649. The van der Waals surface area contributed by atoms with Crippen molar-refractivity contribution in [3.05, 3.63) is 71.8 Å². The molecule has 2 unspecified atom stereocenters. The Bertz CT molecular complexity index is 1050. The van der Waals surface area contributed by atoms with Crippen LogP contribution in [0.4, 0.5) is 0 Å². The zero-order valence-electron chi connectivity index (χ0n) is 27.8. The summed E-state index contributed by atoms with van der Waals surface area (Å²) in [7, 11) is 2.13. The van der Waals surface area contributed by atoms with Crippen molar-refractivity contribution >= 4 is 5.97 Å². The van der Waals surface area contributed by atoms with E-state index in [1.807, 2.05) is 50.2 Å². The average Bonchev–Trinajstić information content (AvgIpc) is 3.38. The average molecular weight is 612 g/mol. The number of aliphatic hydroxyl groups is 1. The Labute approximate surface area is 266 Å². The van der Waals surface area contributed by atoms with Crippen molar-refractivity contribution in [3.63, 3.8) is 0 Å². The highest BCUT2D eigenvalue weighted by Gasteiger charge is 2.48. The zero-order valence-corrected chi connectivity index (χ0v) is 27.8. The summed E-state index contributed by atoms with van der Waals surface area (Å²) in [6.45, 7) is 10.5. The molecule has 1 N–H and O–H groups in total. The summed E-state index contributed by atoms with van der Waals surface area (Å²) in [5, 5.41) is 11.4. The van der Waals surface area contributed by atoms with Crippen LogP contribution in [0.1, 0.15) is 90.2 Å². The summed E-state index contributed by atoms with van der Waals surface area (Å²) in [6, 6.07) is 20.4. The van der Waals surface area contributed by atoms with Gasteiger partial charge >= 0.3 is 5.97 Å². The second-order valence-electron chi connectivity index (χ2n) is 12.7. The third-order valence-electron chi connectivity index (χ3n) is 8.99. The number of rotatable bonds is 21. The zero-order chi connectivity index (χ0) is 31.8. The van der Waals surface area contributed by atoms with Crippen LogP contribution >= 0.6 is 0 Å². The van der Waals surface area contributed by atoms with Gasteiger partial charge in [0.25, 0.3) is 0 Å². The second kappa shape index (κ2) is 19.3. The fourth-order valence-corrected chi connectivity index (χ4v) is 5.98. The number of hydrogen-bond acceptors (Lipinski definition) is 7. The van der Waals surface area contributed by atoms with Crippen molar-refractivity contribution in [3.8, 4) is 0 Å². The number of esters is 1. The van der Waals surface area contributed by atoms with Gasteiger partial charge in [0, 0.05) is 12.8 Å². The predicted octanol–water partition coefficient (Wildman–Crippen LogP) is 6.95. The molecule has 44 heavy (non-hydrogen) atoms. The number of carbonyl (C=O) groups is 1. The maximum atomic E-state index is 11.8. The molecule has 0 aromatic heterocycles. The quantitative estimate of drug-likeness (QED) is 0.121. The van der Waals surface area contributed by atoms with E-state index in [-0.39, 0.29) is 42.8 Å². The number of likely N-dealkylation sites (N-methyl/N-ethyl adjacent to an activating group) is 1. The van der Waals surface area contributed by atoms with Crippen LogP contribution in [0.2, 0.25) is 0 Å². The van der Waals surface area contributed by atoms with Gasteiger partial charge in [0.15, 0.2) is 0 Å². The molecule has 246 valence electrons.